The number of nitrogens with zero attached hydrogens (tertiary/aromatic N) is 9. The van der Waals surface area contributed by atoms with Gasteiger partial charge in [0.1, 0.15) is 23.8 Å². The number of hydrogen-bond acceptors (Lipinski definition) is 11. The number of para-hydroxylation sites is 1. The van der Waals surface area contributed by atoms with Gasteiger partial charge in [-0.2, -0.15) is 19.3 Å². The third-order valence-electron chi connectivity index (χ3n) is 6.86. The van der Waals surface area contributed by atoms with Gasteiger partial charge in [-0.05, 0) is 26.2 Å². The van der Waals surface area contributed by atoms with E-state index < -0.39 is 16.7 Å². The van der Waals surface area contributed by atoms with Crippen molar-refractivity contribution in [1.29, 1.82) is 0 Å². The van der Waals surface area contributed by atoms with Crippen molar-refractivity contribution in [3.8, 4) is 11.7 Å². The molecule has 2 aromatic heterocycles. The summed E-state index contributed by atoms with van der Waals surface area (Å²) in [6.45, 7) is 3.42. The average Bonchev–Trinajstić information content (AvgIpc) is 3.35. The molecule has 2 aliphatic heterocycles. The molecular formula is C24H34FN9O4S. The number of morpholine rings is 1. The van der Waals surface area contributed by atoms with Crippen LogP contribution in [0.3, 0.4) is 0 Å². The first-order valence-corrected chi connectivity index (χ1v) is 14.5. The Bertz CT molecular complexity index is 1400. The monoisotopic (exact) mass is 563 g/mol. The Labute approximate surface area is 227 Å². The van der Waals surface area contributed by atoms with E-state index in [-0.39, 0.29) is 17.5 Å². The lowest BCUT2D eigenvalue weighted by molar-refractivity contribution is 0.122. The van der Waals surface area contributed by atoms with Gasteiger partial charge in [0.15, 0.2) is 0 Å². The van der Waals surface area contributed by atoms with E-state index in [9.17, 15) is 12.8 Å². The minimum Gasteiger partial charge on any atom is -0.494 e. The lowest BCUT2D eigenvalue weighted by Gasteiger charge is -2.35. The summed E-state index contributed by atoms with van der Waals surface area (Å²) >= 11 is 0. The van der Waals surface area contributed by atoms with Crippen LogP contribution in [0, 0.1) is 0 Å². The molecule has 39 heavy (non-hydrogen) atoms. The first kappa shape index (κ1) is 27.4. The molecule has 0 saturated carbocycles. The zero-order chi connectivity index (χ0) is 27.6. The van der Waals surface area contributed by atoms with Crippen molar-refractivity contribution in [2.45, 2.75) is 6.67 Å². The first-order chi connectivity index (χ1) is 18.8. The van der Waals surface area contributed by atoms with E-state index in [1.54, 1.807) is 17.7 Å². The molecule has 0 amide bonds. The second kappa shape index (κ2) is 11.5. The summed E-state index contributed by atoms with van der Waals surface area (Å²) < 4.78 is 53.9. The van der Waals surface area contributed by atoms with Gasteiger partial charge >= 0.3 is 0 Å². The van der Waals surface area contributed by atoms with Crippen molar-refractivity contribution >= 4 is 33.0 Å². The van der Waals surface area contributed by atoms with Crippen LogP contribution in [0.15, 0.2) is 18.2 Å². The van der Waals surface area contributed by atoms with Crippen molar-refractivity contribution in [2.75, 3.05) is 95.8 Å². The van der Waals surface area contributed by atoms with Crippen LogP contribution in [-0.4, -0.2) is 128 Å². The molecule has 2 saturated heterocycles. The van der Waals surface area contributed by atoms with Crippen LogP contribution in [0.25, 0.3) is 17.0 Å². The number of rotatable bonds is 9. The van der Waals surface area contributed by atoms with E-state index in [1.807, 2.05) is 40.9 Å². The smallest absolute Gasteiger partial charge is 0.242 e. The van der Waals surface area contributed by atoms with Crippen LogP contribution in [0.1, 0.15) is 5.82 Å². The van der Waals surface area contributed by atoms with Gasteiger partial charge in [0.2, 0.25) is 27.9 Å². The van der Waals surface area contributed by atoms with Crippen LogP contribution < -0.4 is 14.5 Å². The third kappa shape index (κ3) is 5.76. The maximum Gasteiger partial charge on any atom is 0.242 e. The Kier molecular flexibility index (Phi) is 8.11. The topological polar surface area (TPSA) is 122 Å². The first-order valence-electron chi connectivity index (χ1n) is 12.9. The van der Waals surface area contributed by atoms with Crippen molar-refractivity contribution in [3.63, 3.8) is 0 Å². The maximum absolute atomic E-state index is 14.2. The van der Waals surface area contributed by atoms with E-state index in [0.29, 0.717) is 87.7 Å². The van der Waals surface area contributed by atoms with Gasteiger partial charge in [-0.1, -0.05) is 6.07 Å². The molecule has 2 fully saturated rings. The number of anilines is 2. The highest BCUT2D eigenvalue weighted by atomic mass is 32.2. The van der Waals surface area contributed by atoms with E-state index >= 15 is 0 Å². The normalized spacial score (nSPS) is 17.4. The zero-order valence-electron chi connectivity index (χ0n) is 22.5. The number of ether oxygens (including phenoxy) is 2. The van der Waals surface area contributed by atoms with E-state index in [4.69, 9.17) is 24.4 Å². The molecular weight excluding hydrogens is 529 g/mol. The van der Waals surface area contributed by atoms with Gasteiger partial charge in [0.25, 0.3) is 0 Å². The molecule has 3 aromatic rings. The third-order valence-corrected chi connectivity index (χ3v) is 8.71. The molecule has 13 nitrogen and oxygen atoms in total. The number of halogens is 1. The predicted molar refractivity (Wildman–Crippen MR) is 145 cm³/mol. The zero-order valence-corrected chi connectivity index (χ0v) is 23.3. The van der Waals surface area contributed by atoms with Crippen LogP contribution in [0.5, 0.6) is 5.75 Å². The van der Waals surface area contributed by atoms with Gasteiger partial charge in [-0.3, -0.25) is 4.57 Å². The van der Waals surface area contributed by atoms with Crippen molar-refractivity contribution in [1.82, 2.24) is 33.7 Å². The number of hydrogen-bond donors (Lipinski definition) is 0. The fraction of sp³-hybridized carbons (Fsp3) is 0.583. The predicted octanol–water partition coefficient (Wildman–Crippen LogP) is 0.539. The molecule has 0 unspecified atom stereocenters. The van der Waals surface area contributed by atoms with Gasteiger partial charge in [-0.15, -0.1) is 0 Å². The number of fused-ring (bicyclic) bond motifs is 1. The highest BCUT2D eigenvalue weighted by Gasteiger charge is 2.29. The molecule has 0 atom stereocenters. The van der Waals surface area contributed by atoms with E-state index in [0.717, 1.165) is 0 Å². The summed E-state index contributed by atoms with van der Waals surface area (Å²) in [5.41, 5.74) is 1.13. The Morgan fingerprint density at radius 2 is 1.59 bits per heavy atom. The summed E-state index contributed by atoms with van der Waals surface area (Å²) in [5, 5.41) is 0. The molecule has 0 N–H and O–H groups in total. The summed E-state index contributed by atoms with van der Waals surface area (Å²) in [6.07, 6.45) is 0. The molecule has 4 heterocycles. The molecule has 2 aliphatic rings. The lowest BCUT2D eigenvalue weighted by atomic mass is 10.3. The fourth-order valence-corrected chi connectivity index (χ4v) is 6.26. The molecule has 5 rings (SSSR count). The number of piperazine rings is 1. The maximum atomic E-state index is 14.2. The summed E-state index contributed by atoms with van der Waals surface area (Å²) in [5.74, 6) is 1.84. The Morgan fingerprint density at radius 3 is 2.21 bits per heavy atom. The summed E-state index contributed by atoms with van der Waals surface area (Å²) in [4.78, 5) is 24.5. The number of methoxy groups -OCH3 is 1. The molecule has 0 aliphatic carbocycles. The van der Waals surface area contributed by atoms with Gasteiger partial charge < -0.3 is 24.2 Å². The number of benzene rings is 1. The molecule has 0 bridgehead atoms. The largest absolute Gasteiger partial charge is 0.494 e. The molecule has 0 spiro atoms. The minimum atomic E-state index is -3.37. The highest BCUT2D eigenvalue weighted by molar-refractivity contribution is 7.89. The molecule has 1 aromatic carbocycles. The number of aromatic nitrogens is 5. The van der Waals surface area contributed by atoms with Crippen molar-refractivity contribution < 1.29 is 22.3 Å². The quantitative estimate of drug-likeness (QED) is 0.363. The molecule has 0 radical (unpaired) electrons. The second-order valence-corrected chi connectivity index (χ2v) is 11.8. The summed E-state index contributed by atoms with van der Waals surface area (Å²) in [6, 6.07) is 5.40. The van der Waals surface area contributed by atoms with Gasteiger partial charge in [0.05, 0.1) is 31.6 Å². The Balaban J connectivity index is 1.50. The summed E-state index contributed by atoms with van der Waals surface area (Å²) in [7, 11) is 1.88. The molecule has 15 heteroatoms. The van der Waals surface area contributed by atoms with Gasteiger partial charge in [-0.25, -0.2) is 17.8 Å². The fourth-order valence-electron chi connectivity index (χ4n) is 4.68. The van der Waals surface area contributed by atoms with Crippen LogP contribution in [0.2, 0.25) is 0 Å². The number of alkyl halides is 1. The van der Waals surface area contributed by atoms with Crippen LogP contribution in [0.4, 0.5) is 16.3 Å². The number of imidazole rings is 1. The number of sulfonamides is 1. The average molecular weight is 564 g/mol. The lowest BCUT2D eigenvalue weighted by Crippen LogP contribution is -2.50. The van der Waals surface area contributed by atoms with Crippen molar-refractivity contribution in [2.24, 2.45) is 0 Å². The Morgan fingerprint density at radius 1 is 0.949 bits per heavy atom. The van der Waals surface area contributed by atoms with Crippen LogP contribution >= 0.6 is 0 Å². The minimum absolute atomic E-state index is 0.0697. The standard InChI is InChI=1S/C24H34FN9O4S/c1-30(2)13-16-39(35,36)33-9-7-31(8-10-33)22-27-23(32-11-14-38-15-12-32)29-24(28-22)34-18-5-4-6-19(37-3)21(18)26-20(34)17-25/h4-6H,7-17H2,1-3H3. The Hall–Kier alpha value is -3.14. The highest BCUT2D eigenvalue weighted by Crippen LogP contribution is 2.29. The van der Waals surface area contributed by atoms with Gasteiger partial charge in [0, 0.05) is 45.8 Å². The van der Waals surface area contributed by atoms with E-state index in [1.165, 1.54) is 4.31 Å². The SMILES string of the molecule is COc1cccc2c1nc(CF)n2-c1nc(N2CCOCC2)nc(N2CCN(S(=O)(=O)CCN(C)C)CC2)n1. The second-order valence-electron chi connectivity index (χ2n) is 9.67. The van der Waals surface area contributed by atoms with Crippen molar-refractivity contribution in [3.05, 3.63) is 24.0 Å². The van der Waals surface area contributed by atoms with E-state index in [2.05, 4.69) is 4.98 Å². The molecule has 212 valence electrons. The van der Waals surface area contributed by atoms with Crippen LogP contribution in [-0.2, 0) is 21.4 Å².